The lowest BCUT2D eigenvalue weighted by molar-refractivity contribution is -0.123. The third kappa shape index (κ3) is 6.65. The van der Waals surface area contributed by atoms with E-state index in [0.717, 1.165) is 22.9 Å². The average Bonchev–Trinajstić information content (AvgIpc) is 3.17. The highest BCUT2D eigenvalue weighted by Crippen LogP contribution is 2.35. The van der Waals surface area contributed by atoms with E-state index in [0.29, 0.717) is 41.1 Å². The first-order chi connectivity index (χ1) is 18.0. The highest BCUT2D eigenvalue weighted by atomic mass is 32.2. The Balaban J connectivity index is 1.41. The van der Waals surface area contributed by atoms with Crippen molar-refractivity contribution in [2.24, 2.45) is 0 Å². The molecule has 3 aromatic rings. The number of methoxy groups -OCH3 is 1. The Kier molecular flexibility index (Phi) is 8.74. The Morgan fingerprint density at radius 1 is 0.865 bits per heavy atom. The predicted octanol–water partition coefficient (Wildman–Crippen LogP) is 6.10. The number of amides is 2. The molecule has 2 amide bonds. The Bertz CT molecular complexity index is 1290. The Hall–Kier alpha value is -3.91. The second kappa shape index (κ2) is 12.4. The van der Waals surface area contributed by atoms with Crippen molar-refractivity contribution in [1.29, 1.82) is 0 Å². The molecule has 0 aliphatic carbocycles. The van der Waals surface area contributed by atoms with E-state index in [1.54, 1.807) is 25.3 Å². The molecule has 8 heteroatoms. The zero-order valence-corrected chi connectivity index (χ0v) is 21.9. The van der Waals surface area contributed by atoms with E-state index in [2.05, 4.69) is 0 Å². The second-order valence-corrected chi connectivity index (χ2v) is 9.24. The molecule has 0 spiro atoms. The number of nitrogens with zero attached hydrogens (tertiary/aromatic N) is 1. The molecule has 192 valence electrons. The monoisotopic (exact) mass is 519 g/mol. The lowest BCUT2D eigenvalue weighted by Crippen LogP contribution is -2.32. The smallest absolute Gasteiger partial charge is 0.293 e. The normalized spacial score (nSPS) is 14.2. The fourth-order valence-electron chi connectivity index (χ4n) is 3.68. The van der Waals surface area contributed by atoms with Crippen molar-refractivity contribution in [3.63, 3.8) is 0 Å². The van der Waals surface area contributed by atoms with E-state index in [1.807, 2.05) is 68.4 Å². The van der Waals surface area contributed by atoms with Crippen LogP contribution in [0.4, 0.5) is 4.79 Å². The minimum atomic E-state index is -0.351. The van der Waals surface area contributed by atoms with Crippen molar-refractivity contribution < 1.29 is 28.5 Å². The number of hydrogen-bond acceptors (Lipinski definition) is 7. The molecule has 4 rings (SSSR count). The van der Waals surface area contributed by atoms with Crippen LogP contribution in [0.2, 0.25) is 0 Å². The molecule has 0 radical (unpaired) electrons. The van der Waals surface area contributed by atoms with Crippen molar-refractivity contribution in [3.8, 4) is 23.0 Å². The summed E-state index contributed by atoms with van der Waals surface area (Å²) in [7, 11) is 1.56. The highest BCUT2D eigenvalue weighted by molar-refractivity contribution is 8.18. The number of carbonyl (C=O) groups is 2. The van der Waals surface area contributed by atoms with Crippen molar-refractivity contribution in [2.75, 3.05) is 26.9 Å². The number of ether oxygens (including phenoxy) is 4. The van der Waals surface area contributed by atoms with Crippen LogP contribution in [0.5, 0.6) is 23.0 Å². The molecule has 37 heavy (non-hydrogen) atoms. The summed E-state index contributed by atoms with van der Waals surface area (Å²) < 4.78 is 22.8. The number of hydrogen-bond donors (Lipinski definition) is 0. The van der Waals surface area contributed by atoms with Crippen LogP contribution < -0.4 is 18.9 Å². The van der Waals surface area contributed by atoms with Crippen LogP contribution in [0.15, 0.2) is 71.6 Å². The first-order valence-electron chi connectivity index (χ1n) is 11.9. The molecule has 1 saturated heterocycles. The molecular formula is C29H29NO6S. The molecule has 0 bridgehead atoms. The average molecular weight is 520 g/mol. The van der Waals surface area contributed by atoms with E-state index in [1.165, 1.54) is 10.5 Å². The van der Waals surface area contributed by atoms with Crippen LogP contribution >= 0.6 is 11.8 Å². The molecule has 0 unspecified atom stereocenters. The maximum Gasteiger partial charge on any atom is 0.293 e. The maximum absolute atomic E-state index is 12.9. The summed E-state index contributed by atoms with van der Waals surface area (Å²) in [6.45, 7) is 5.11. The van der Waals surface area contributed by atoms with E-state index in [-0.39, 0.29) is 24.3 Å². The van der Waals surface area contributed by atoms with Gasteiger partial charge in [0.1, 0.15) is 13.2 Å². The van der Waals surface area contributed by atoms with Gasteiger partial charge < -0.3 is 18.9 Å². The molecule has 0 aromatic heterocycles. The summed E-state index contributed by atoms with van der Waals surface area (Å²) in [4.78, 5) is 27.0. The molecule has 0 N–H and O–H groups in total. The summed E-state index contributed by atoms with van der Waals surface area (Å²) in [5.74, 6) is 1.99. The first-order valence-corrected chi connectivity index (χ1v) is 12.8. The van der Waals surface area contributed by atoms with Crippen LogP contribution in [-0.4, -0.2) is 42.9 Å². The second-order valence-electron chi connectivity index (χ2n) is 8.25. The summed E-state index contributed by atoms with van der Waals surface area (Å²) in [6.07, 6.45) is 1.69. The fraction of sp³-hybridized carbons (Fsp3) is 0.241. The van der Waals surface area contributed by atoms with Gasteiger partial charge in [-0.1, -0.05) is 48.0 Å². The maximum atomic E-state index is 12.9. The van der Waals surface area contributed by atoms with Gasteiger partial charge in [0.2, 0.25) is 0 Å². The van der Waals surface area contributed by atoms with Crippen LogP contribution in [-0.2, 0) is 11.4 Å². The molecule has 1 aliphatic rings. The first kappa shape index (κ1) is 26.2. The molecule has 1 aliphatic heterocycles. The van der Waals surface area contributed by atoms with Gasteiger partial charge in [-0.05, 0) is 67.1 Å². The van der Waals surface area contributed by atoms with Crippen molar-refractivity contribution in [3.05, 3.63) is 88.3 Å². The zero-order valence-electron chi connectivity index (χ0n) is 21.1. The van der Waals surface area contributed by atoms with Crippen molar-refractivity contribution in [1.82, 2.24) is 4.90 Å². The molecule has 7 nitrogen and oxygen atoms in total. The van der Waals surface area contributed by atoms with Gasteiger partial charge in [0, 0.05) is 0 Å². The summed E-state index contributed by atoms with van der Waals surface area (Å²) in [5, 5.41) is -0.331. The van der Waals surface area contributed by atoms with Crippen LogP contribution in [0.25, 0.3) is 6.08 Å². The fourth-order valence-corrected chi connectivity index (χ4v) is 4.54. The van der Waals surface area contributed by atoms with Gasteiger partial charge in [-0.3, -0.25) is 14.5 Å². The van der Waals surface area contributed by atoms with Crippen LogP contribution in [0, 0.1) is 6.92 Å². The summed E-state index contributed by atoms with van der Waals surface area (Å²) in [5.41, 5.74) is 2.99. The van der Waals surface area contributed by atoms with E-state index >= 15 is 0 Å². The minimum absolute atomic E-state index is 0.135. The standard InChI is InChI=1S/C29H29NO6S/c1-4-34-26-17-22(13-14-25(26)36-19-21-11-9-20(2)10-12-21)18-27-28(31)30(29(32)37-27)15-16-35-24-8-6-5-7-23(24)33-3/h5-14,17-18H,4,15-16,19H2,1-3H3/b27-18-. The number of carbonyl (C=O) groups excluding carboxylic acids is 2. The number of thioether (sulfide) groups is 1. The minimum Gasteiger partial charge on any atom is -0.493 e. The van der Waals surface area contributed by atoms with Crippen LogP contribution in [0.1, 0.15) is 23.6 Å². The van der Waals surface area contributed by atoms with Gasteiger partial charge in [-0.2, -0.15) is 0 Å². The Labute approximate surface area is 221 Å². The van der Waals surface area contributed by atoms with Crippen molar-refractivity contribution in [2.45, 2.75) is 20.5 Å². The van der Waals surface area contributed by atoms with E-state index in [9.17, 15) is 9.59 Å². The molecular weight excluding hydrogens is 490 g/mol. The zero-order chi connectivity index (χ0) is 26.2. The molecule has 1 heterocycles. The molecule has 0 atom stereocenters. The van der Waals surface area contributed by atoms with Gasteiger partial charge in [0.25, 0.3) is 11.1 Å². The van der Waals surface area contributed by atoms with Gasteiger partial charge >= 0.3 is 0 Å². The topological polar surface area (TPSA) is 74.3 Å². The lowest BCUT2D eigenvalue weighted by atomic mass is 10.1. The van der Waals surface area contributed by atoms with Gasteiger partial charge in [-0.25, -0.2) is 0 Å². The molecule has 3 aromatic carbocycles. The third-order valence-corrected chi connectivity index (χ3v) is 6.50. The van der Waals surface area contributed by atoms with Gasteiger partial charge in [-0.15, -0.1) is 0 Å². The van der Waals surface area contributed by atoms with Crippen LogP contribution in [0.3, 0.4) is 0 Å². The van der Waals surface area contributed by atoms with Crippen molar-refractivity contribution >= 4 is 29.0 Å². The Morgan fingerprint density at radius 2 is 1.59 bits per heavy atom. The number of benzene rings is 3. The van der Waals surface area contributed by atoms with Gasteiger partial charge in [0.15, 0.2) is 23.0 Å². The summed E-state index contributed by atoms with van der Waals surface area (Å²) >= 11 is 0.909. The molecule has 0 saturated carbocycles. The van der Waals surface area contributed by atoms with Gasteiger partial charge in [0.05, 0.1) is 25.2 Å². The SMILES string of the molecule is CCOc1cc(/C=C2\SC(=O)N(CCOc3ccccc3OC)C2=O)ccc1OCc1ccc(C)cc1. The van der Waals surface area contributed by atoms with E-state index in [4.69, 9.17) is 18.9 Å². The summed E-state index contributed by atoms with van der Waals surface area (Å²) in [6, 6.07) is 20.8. The highest BCUT2D eigenvalue weighted by Gasteiger charge is 2.34. The lowest BCUT2D eigenvalue weighted by Gasteiger charge is -2.14. The molecule has 1 fully saturated rings. The number of rotatable bonds is 11. The Morgan fingerprint density at radius 3 is 2.32 bits per heavy atom. The third-order valence-electron chi connectivity index (χ3n) is 5.60. The number of para-hydroxylation sites is 2. The predicted molar refractivity (Wildman–Crippen MR) is 144 cm³/mol. The quantitative estimate of drug-likeness (QED) is 0.284. The van der Waals surface area contributed by atoms with E-state index < -0.39 is 0 Å². The largest absolute Gasteiger partial charge is 0.493 e. The number of imide groups is 1. The number of aryl methyl sites for hydroxylation is 1.